The van der Waals surface area contributed by atoms with E-state index < -0.39 is 0 Å². The summed E-state index contributed by atoms with van der Waals surface area (Å²) in [5, 5.41) is 8.51. The lowest BCUT2D eigenvalue weighted by Crippen LogP contribution is -2.06. The molecule has 0 aliphatic carbocycles. The fourth-order valence-electron chi connectivity index (χ4n) is 2.11. The zero-order valence-corrected chi connectivity index (χ0v) is 12.7. The molecule has 114 valence electrons. The summed E-state index contributed by atoms with van der Waals surface area (Å²) in [6.07, 6.45) is 12.7. The molecule has 19 heavy (non-hydrogen) atoms. The summed E-state index contributed by atoms with van der Waals surface area (Å²) in [5.74, 6) is 0.292. The first-order chi connectivity index (χ1) is 9.31. The second-order valence-electron chi connectivity index (χ2n) is 5.20. The Morgan fingerprint density at radius 2 is 1.42 bits per heavy atom. The predicted octanol–water partition coefficient (Wildman–Crippen LogP) is 3.88. The minimum Gasteiger partial charge on any atom is -0.394 e. The Morgan fingerprint density at radius 3 is 2.00 bits per heavy atom. The van der Waals surface area contributed by atoms with Crippen LogP contribution in [0.1, 0.15) is 77.6 Å². The number of ketones is 1. The molecule has 3 nitrogen and oxygen atoms in total. The second-order valence-corrected chi connectivity index (χ2v) is 5.20. The molecule has 0 aromatic rings. The van der Waals surface area contributed by atoms with E-state index in [1.165, 1.54) is 51.4 Å². The molecule has 0 heterocycles. The van der Waals surface area contributed by atoms with Crippen molar-refractivity contribution in [3.63, 3.8) is 0 Å². The molecule has 0 aromatic carbocycles. The number of carbonyl (C=O) groups is 1. The molecular weight excluding hydrogens is 240 g/mol. The number of aliphatic hydroxyl groups excluding tert-OH is 1. The van der Waals surface area contributed by atoms with Gasteiger partial charge < -0.3 is 9.84 Å². The third-order valence-electron chi connectivity index (χ3n) is 3.32. The number of aliphatic hydroxyl groups is 1. The highest BCUT2D eigenvalue weighted by atomic mass is 16.5. The number of ether oxygens (including phenoxy) is 1. The second kappa shape index (κ2) is 15.6. The molecule has 0 aromatic heterocycles. The number of hydrogen-bond donors (Lipinski definition) is 1. The van der Waals surface area contributed by atoms with Gasteiger partial charge in [0.1, 0.15) is 5.78 Å². The zero-order chi connectivity index (χ0) is 14.2. The molecule has 0 unspecified atom stereocenters. The quantitative estimate of drug-likeness (QED) is 0.460. The average Bonchev–Trinajstić information content (AvgIpc) is 2.42. The van der Waals surface area contributed by atoms with Gasteiger partial charge in [-0.2, -0.15) is 0 Å². The molecule has 0 rings (SSSR count). The molecule has 0 saturated heterocycles. The van der Waals surface area contributed by atoms with Crippen molar-refractivity contribution in [1.29, 1.82) is 0 Å². The van der Waals surface area contributed by atoms with E-state index in [1.54, 1.807) is 0 Å². The summed E-state index contributed by atoms with van der Waals surface area (Å²) in [7, 11) is 0. The van der Waals surface area contributed by atoms with Crippen LogP contribution in [-0.2, 0) is 9.53 Å². The van der Waals surface area contributed by atoms with Gasteiger partial charge in [-0.25, -0.2) is 0 Å². The van der Waals surface area contributed by atoms with Crippen molar-refractivity contribution in [2.75, 3.05) is 19.8 Å². The first-order valence-corrected chi connectivity index (χ1v) is 8.01. The molecule has 0 radical (unpaired) electrons. The standard InChI is InChI=1S/C16H32O3/c1-2-3-4-5-6-7-8-9-10-11-16(18)12-14-19-15-13-17/h17H,2-15H2,1H3. The average molecular weight is 272 g/mol. The Morgan fingerprint density at radius 1 is 0.842 bits per heavy atom. The van der Waals surface area contributed by atoms with E-state index >= 15 is 0 Å². The van der Waals surface area contributed by atoms with Gasteiger partial charge in [-0.05, 0) is 6.42 Å². The summed E-state index contributed by atoms with van der Waals surface area (Å²) in [6, 6.07) is 0. The lowest BCUT2D eigenvalue weighted by atomic mass is 10.0. The fraction of sp³-hybridized carbons (Fsp3) is 0.938. The smallest absolute Gasteiger partial charge is 0.135 e. The van der Waals surface area contributed by atoms with Gasteiger partial charge in [-0.1, -0.05) is 58.3 Å². The van der Waals surface area contributed by atoms with Crippen molar-refractivity contribution in [3.8, 4) is 0 Å². The monoisotopic (exact) mass is 272 g/mol. The maximum Gasteiger partial charge on any atom is 0.135 e. The largest absolute Gasteiger partial charge is 0.394 e. The molecule has 0 aliphatic rings. The number of rotatable bonds is 15. The summed E-state index contributed by atoms with van der Waals surface area (Å²) < 4.78 is 5.07. The van der Waals surface area contributed by atoms with Crippen molar-refractivity contribution in [2.45, 2.75) is 77.6 Å². The van der Waals surface area contributed by atoms with Crippen LogP contribution in [0.25, 0.3) is 0 Å². The Bertz CT molecular complexity index is 192. The Kier molecular flexibility index (Phi) is 15.3. The SMILES string of the molecule is CCCCCCCCCCCC(=O)CCOCCO. The summed E-state index contributed by atoms with van der Waals surface area (Å²) in [5.41, 5.74) is 0. The molecule has 0 saturated carbocycles. The molecule has 0 amide bonds. The van der Waals surface area contributed by atoms with E-state index in [0.717, 1.165) is 6.42 Å². The lowest BCUT2D eigenvalue weighted by Gasteiger charge is -2.03. The van der Waals surface area contributed by atoms with E-state index in [9.17, 15) is 4.79 Å². The van der Waals surface area contributed by atoms with Crippen molar-refractivity contribution < 1.29 is 14.6 Å². The van der Waals surface area contributed by atoms with Gasteiger partial charge in [-0.3, -0.25) is 4.79 Å². The summed E-state index contributed by atoms with van der Waals surface area (Å²) >= 11 is 0. The Balaban J connectivity index is 3.10. The number of unbranched alkanes of at least 4 members (excludes halogenated alkanes) is 8. The van der Waals surface area contributed by atoms with Crippen LogP contribution in [0.2, 0.25) is 0 Å². The molecule has 0 bridgehead atoms. The Hall–Kier alpha value is -0.410. The number of hydrogen-bond acceptors (Lipinski definition) is 3. The molecule has 1 N–H and O–H groups in total. The van der Waals surface area contributed by atoms with Gasteiger partial charge >= 0.3 is 0 Å². The minimum absolute atomic E-state index is 0.0342. The highest BCUT2D eigenvalue weighted by Crippen LogP contribution is 2.10. The zero-order valence-electron chi connectivity index (χ0n) is 12.7. The van der Waals surface area contributed by atoms with Gasteiger partial charge in [0.25, 0.3) is 0 Å². The molecule has 0 spiro atoms. The van der Waals surface area contributed by atoms with Crippen LogP contribution in [0.5, 0.6) is 0 Å². The topological polar surface area (TPSA) is 46.5 Å². The molecule has 0 aliphatic heterocycles. The number of carbonyl (C=O) groups excluding carboxylic acids is 1. The van der Waals surface area contributed by atoms with Crippen molar-refractivity contribution >= 4 is 5.78 Å². The lowest BCUT2D eigenvalue weighted by molar-refractivity contribution is -0.120. The van der Waals surface area contributed by atoms with Crippen molar-refractivity contribution in [2.24, 2.45) is 0 Å². The van der Waals surface area contributed by atoms with Gasteiger partial charge in [0.2, 0.25) is 0 Å². The van der Waals surface area contributed by atoms with Crippen molar-refractivity contribution in [1.82, 2.24) is 0 Å². The maximum atomic E-state index is 11.5. The van der Waals surface area contributed by atoms with Gasteiger partial charge in [0.15, 0.2) is 0 Å². The highest BCUT2D eigenvalue weighted by Gasteiger charge is 2.01. The van der Waals surface area contributed by atoms with Crippen LogP contribution in [0.4, 0.5) is 0 Å². The van der Waals surface area contributed by atoms with E-state index in [2.05, 4.69) is 6.92 Å². The third kappa shape index (κ3) is 15.5. The number of Topliss-reactive ketones (excluding diaryl/α,β-unsaturated/α-hetero) is 1. The summed E-state index contributed by atoms with van der Waals surface area (Å²) in [6.45, 7) is 3.07. The van der Waals surface area contributed by atoms with Crippen LogP contribution >= 0.6 is 0 Å². The first kappa shape index (κ1) is 18.6. The molecular formula is C16H32O3. The van der Waals surface area contributed by atoms with Gasteiger partial charge in [0, 0.05) is 12.8 Å². The molecule has 3 heteroatoms. The van der Waals surface area contributed by atoms with E-state index in [-0.39, 0.29) is 6.61 Å². The van der Waals surface area contributed by atoms with E-state index in [0.29, 0.717) is 31.8 Å². The maximum absolute atomic E-state index is 11.5. The van der Waals surface area contributed by atoms with E-state index in [4.69, 9.17) is 9.84 Å². The van der Waals surface area contributed by atoms with Gasteiger partial charge in [0.05, 0.1) is 19.8 Å². The first-order valence-electron chi connectivity index (χ1n) is 8.01. The van der Waals surface area contributed by atoms with Crippen molar-refractivity contribution in [3.05, 3.63) is 0 Å². The fourth-order valence-corrected chi connectivity index (χ4v) is 2.11. The third-order valence-corrected chi connectivity index (χ3v) is 3.32. The molecule has 0 atom stereocenters. The summed E-state index contributed by atoms with van der Waals surface area (Å²) in [4.78, 5) is 11.5. The van der Waals surface area contributed by atoms with E-state index in [1.807, 2.05) is 0 Å². The Labute approximate surface area is 118 Å². The van der Waals surface area contributed by atoms with Crippen LogP contribution < -0.4 is 0 Å². The van der Waals surface area contributed by atoms with Gasteiger partial charge in [-0.15, -0.1) is 0 Å². The van der Waals surface area contributed by atoms with Crippen LogP contribution in [-0.4, -0.2) is 30.7 Å². The minimum atomic E-state index is 0.0342. The predicted molar refractivity (Wildman–Crippen MR) is 79.4 cm³/mol. The molecule has 0 fully saturated rings. The normalized spacial score (nSPS) is 10.8. The highest BCUT2D eigenvalue weighted by molar-refractivity contribution is 5.78. The van der Waals surface area contributed by atoms with Crippen LogP contribution in [0, 0.1) is 0 Å². The van der Waals surface area contributed by atoms with Crippen LogP contribution in [0.3, 0.4) is 0 Å². The van der Waals surface area contributed by atoms with Crippen LogP contribution in [0.15, 0.2) is 0 Å².